The van der Waals surface area contributed by atoms with Gasteiger partial charge in [-0.25, -0.2) is 0 Å². The molecule has 0 saturated carbocycles. The predicted molar refractivity (Wildman–Crippen MR) is 80.6 cm³/mol. The van der Waals surface area contributed by atoms with Crippen molar-refractivity contribution in [3.8, 4) is 0 Å². The fourth-order valence-corrected chi connectivity index (χ4v) is 2.75. The highest BCUT2D eigenvalue weighted by molar-refractivity contribution is 5.88. The van der Waals surface area contributed by atoms with Crippen LogP contribution in [0.25, 0.3) is 0 Å². The van der Waals surface area contributed by atoms with Gasteiger partial charge in [-0.3, -0.25) is 9.69 Å². The SMILES string of the molecule is CC(=O)Nc1ccc(C(O)CN2CCCCC2C)cc1. The zero-order chi connectivity index (χ0) is 14.5. The smallest absolute Gasteiger partial charge is 0.221 e. The summed E-state index contributed by atoms with van der Waals surface area (Å²) in [5.74, 6) is -0.0829. The van der Waals surface area contributed by atoms with Crippen molar-refractivity contribution in [3.63, 3.8) is 0 Å². The number of benzene rings is 1. The fraction of sp³-hybridized carbons (Fsp3) is 0.562. The minimum absolute atomic E-state index is 0.0829. The van der Waals surface area contributed by atoms with Crippen LogP contribution in [0.15, 0.2) is 24.3 Å². The van der Waals surface area contributed by atoms with Gasteiger partial charge < -0.3 is 10.4 Å². The first-order valence-electron chi connectivity index (χ1n) is 7.36. The number of aliphatic hydroxyl groups excluding tert-OH is 1. The van der Waals surface area contributed by atoms with Crippen LogP contribution < -0.4 is 5.32 Å². The number of β-amino-alcohol motifs (C(OH)–C–C–N with tert-alkyl or cyclic N) is 1. The second-order valence-corrected chi connectivity index (χ2v) is 5.66. The number of rotatable bonds is 4. The normalized spacial score (nSPS) is 21.4. The third-order valence-corrected chi connectivity index (χ3v) is 3.96. The first-order valence-corrected chi connectivity index (χ1v) is 7.36. The predicted octanol–water partition coefficient (Wildman–Crippen LogP) is 2.55. The van der Waals surface area contributed by atoms with Crippen LogP contribution in [0.4, 0.5) is 5.69 Å². The Balaban J connectivity index is 1.94. The van der Waals surface area contributed by atoms with Crippen molar-refractivity contribution in [3.05, 3.63) is 29.8 Å². The Morgan fingerprint density at radius 2 is 2.10 bits per heavy atom. The van der Waals surface area contributed by atoms with Gasteiger partial charge in [0.15, 0.2) is 0 Å². The van der Waals surface area contributed by atoms with Crippen LogP contribution in [0.1, 0.15) is 44.8 Å². The molecule has 1 amide bonds. The Hall–Kier alpha value is -1.39. The average molecular weight is 276 g/mol. The molecule has 1 heterocycles. The van der Waals surface area contributed by atoms with Gasteiger partial charge in [0.2, 0.25) is 5.91 Å². The fourth-order valence-electron chi connectivity index (χ4n) is 2.75. The molecule has 0 aliphatic carbocycles. The lowest BCUT2D eigenvalue weighted by atomic mass is 10.0. The van der Waals surface area contributed by atoms with Crippen LogP contribution in [0.2, 0.25) is 0 Å². The van der Waals surface area contributed by atoms with E-state index in [-0.39, 0.29) is 5.91 Å². The molecule has 2 N–H and O–H groups in total. The van der Waals surface area contributed by atoms with Crippen LogP contribution in [-0.2, 0) is 4.79 Å². The molecule has 2 rings (SSSR count). The summed E-state index contributed by atoms with van der Waals surface area (Å²) in [4.78, 5) is 13.3. The summed E-state index contributed by atoms with van der Waals surface area (Å²) in [6, 6.07) is 7.98. The van der Waals surface area contributed by atoms with Gasteiger partial charge in [0.25, 0.3) is 0 Å². The van der Waals surface area contributed by atoms with Gasteiger partial charge in [-0.1, -0.05) is 18.6 Å². The molecule has 0 aromatic heterocycles. The highest BCUT2D eigenvalue weighted by Crippen LogP contribution is 2.22. The molecule has 20 heavy (non-hydrogen) atoms. The molecule has 110 valence electrons. The van der Waals surface area contributed by atoms with Crippen molar-refractivity contribution in [2.24, 2.45) is 0 Å². The summed E-state index contributed by atoms with van der Waals surface area (Å²) in [5.41, 5.74) is 1.66. The van der Waals surface area contributed by atoms with Crippen molar-refractivity contribution in [1.82, 2.24) is 4.90 Å². The Kier molecular flexibility index (Phi) is 5.15. The van der Waals surface area contributed by atoms with Crippen LogP contribution in [0.3, 0.4) is 0 Å². The molecule has 0 radical (unpaired) electrons. The minimum Gasteiger partial charge on any atom is -0.387 e. The Morgan fingerprint density at radius 1 is 1.40 bits per heavy atom. The number of nitrogens with one attached hydrogen (secondary N) is 1. The standard InChI is InChI=1S/C16H24N2O2/c1-12-5-3-4-10-18(12)11-16(20)14-6-8-15(9-7-14)17-13(2)19/h6-9,12,16,20H,3-5,10-11H2,1-2H3,(H,17,19). The molecular weight excluding hydrogens is 252 g/mol. The van der Waals surface area contributed by atoms with Gasteiger partial charge >= 0.3 is 0 Å². The lowest BCUT2D eigenvalue weighted by Gasteiger charge is -2.34. The Bertz CT molecular complexity index is 444. The van der Waals surface area contributed by atoms with Gasteiger partial charge in [0, 0.05) is 25.2 Å². The first-order chi connectivity index (χ1) is 9.56. The maximum absolute atomic E-state index is 11.0. The van der Waals surface area contributed by atoms with Crippen LogP contribution >= 0.6 is 0 Å². The number of aliphatic hydroxyl groups is 1. The second kappa shape index (κ2) is 6.86. The highest BCUT2D eigenvalue weighted by atomic mass is 16.3. The molecule has 2 atom stereocenters. The van der Waals surface area contributed by atoms with E-state index in [4.69, 9.17) is 0 Å². The summed E-state index contributed by atoms with van der Waals surface area (Å²) in [7, 11) is 0. The lowest BCUT2D eigenvalue weighted by Crippen LogP contribution is -2.40. The molecule has 1 aromatic carbocycles. The number of amides is 1. The van der Waals surface area contributed by atoms with Crippen LogP contribution in [0, 0.1) is 0 Å². The molecule has 2 unspecified atom stereocenters. The van der Waals surface area contributed by atoms with E-state index in [0.717, 1.165) is 17.8 Å². The van der Waals surface area contributed by atoms with E-state index in [1.165, 1.54) is 26.2 Å². The highest BCUT2D eigenvalue weighted by Gasteiger charge is 2.21. The van der Waals surface area contributed by atoms with Crippen LogP contribution in [-0.4, -0.2) is 35.0 Å². The van der Waals surface area contributed by atoms with Gasteiger partial charge in [-0.2, -0.15) is 0 Å². The molecule has 1 fully saturated rings. The summed E-state index contributed by atoms with van der Waals surface area (Å²) >= 11 is 0. The van der Waals surface area contributed by atoms with E-state index >= 15 is 0 Å². The van der Waals surface area contributed by atoms with Crippen molar-refractivity contribution in [2.45, 2.75) is 45.3 Å². The number of carbonyl (C=O) groups excluding carboxylic acids is 1. The maximum Gasteiger partial charge on any atom is 0.221 e. The number of anilines is 1. The van der Waals surface area contributed by atoms with Crippen molar-refractivity contribution in [2.75, 3.05) is 18.4 Å². The topological polar surface area (TPSA) is 52.6 Å². The summed E-state index contributed by atoms with van der Waals surface area (Å²) in [5, 5.41) is 13.1. The quantitative estimate of drug-likeness (QED) is 0.888. The monoisotopic (exact) mass is 276 g/mol. The number of carbonyl (C=O) groups is 1. The van der Waals surface area contributed by atoms with Crippen molar-refractivity contribution < 1.29 is 9.90 Å². The number of piperidine rings is 1. The van der Waals surface area contributed by atoms with E-state index in [9.17, 15) is 9.90 Å². The van der Waals surface area contributed by atoms with Crippen molar-refractivity contribution in [1.29, 1.82) is 0 Å². The minimum atomic E-state index is -0.470. The zero-order valence-electron chi connectivity index (χ0n) is 12.3. The number of hydrogen-bond donors (Lipinski definition) is 2. The van der Waals surface area contributed by atoms with E-state index in [1.807, 2.05) is 24.3 Å². The van der Waals surface area contributed by atoms with E-state index in [1.54, 1.807) is 0 Å². The molecule has 1 aliphatic rings. The summed E-state index contributed by atoms with van der Waals surface area (Å²) < 4.78 is 0. The van der Waals surface area contributed by atoms with E-state index in [0.29, 0.717) is 12.6 Å². The maximum atomic E-state index is 11.0. The molecule has 1 aliphatic heterocycles. The molecule has 1 saturated heterocycles. The van der Waals surface area contributed by atoms with Gasteiger partial charge in [-0.05, 0) is 44.0 Å². The number of likely N-dealkylation sites (tertiary alicyclic amines) is 1. The Labute approximate surface area is 120 Å². The van der Waals surface area contributed by atoms with Gasteiger partial charge in [0.05, 0.1) is 6.10 Å². The molecule has 0 spiro atoms. The molecule has 0 bridgehead atoms. The second-order valence-electron chi connectivity index (χ2n) is 5.66. The van der Waals surface area contributed by atoms with E-state index in [2.05, 4.69) is 17.1 Å². The third kappa shape index (κ3) is 4.05. The lowest BCUT2D eigenvalue weighted by molar-refractivity contribution is -0.114. The molecule has 1 aromatic rings. The average Bonchev–Trinajstić information content (AvgIpc) is 2.41. The largest absolute Gasteiger partial charge is 0.387 e. The summed E-state index contributed by atoms with van der Waals surface area (Å²) in [6.07, 6.45) is 3.26. The Morgan fingerprint density at radius 3 is 2.70 bits per heavy atom. The molecule has 4 heteroatoms. The number of nitrogens with zero attached hydrogens (tertiary/aromatic N) is 1. The van der Waals surface area contributed by atoms with Gasteiger partial charge in [-0.15, -0.1) is 0 Å². The van der Waals surface area contributed by atoms with E-state index < -0.39 is 6.10 Å². The molecule has 4 nitrogen and oxygen atoms in total. The number of hydrogen-bond acceptors (Lipinski definition) is 3. The summed E-state index contributed by atoms with van der Waals surface area (Å²) in [6.45, 7) is 5.47. The van der Waals surface area contributed by atoms with Crippen LogP contribution in [0.5, 0.6) is 0 Å². The van der Waals surface area contributed by atoms with Gasteiger partial charge in [0.1, 0.15) is 0 Å². The molecular formula is C16H24N2O2. The van der Waals surface area contributed by atoms with Crippen molar-refractivity contribution >= 4 is 11.6 Å². The third-order valence-electron chi connectivity index (χ3n) is 3.96. The first kappa shape index (κ1) is 15.0. The zero-order valence-corrected chi connectivity index (χ0v) is 12.3.